The van der Waals surface area contributed by atoms with Gasteiger partial charge in [-0.2, -0.15) is 5.10 Å². The number of rotatable bonds is 14. The van der Waals surface area contributed by atoms with Crippen molar-refractivity contribution in [3.8, 4) is 16.9 Å². The number of para-hydroxylation sites is 1. The third-order valence-electron chi connectivity index (χ3n) is 15.3. The summed E-state index contributed by atoms with van der Waals surface area (Å²) < 4.78 is 21.8. The van der Waals surface area contributed by atoms with Crippen LogP contribution in [0.4, 0.5) is 22.6 Å². The van der Waals surface area contributed by atoms with Gasteiger partial charge in [0, 0.05) is 47.6 Å². The fourth-order valence-electron chi connectivity index (χ4n) is 13.6. The number of nitrogens with one attached hydrogen (secondary N) is 1. The standard InChI is InChI=1S/C52H61N9O4S/c1-34-38-11-10-22-60(46(38)58-57-45(34)56-48-54-41-12-6-7-13-42(41)66-48)43-19-18-39(44(55-43)47(62)64-26-36-14-16-37(63-5)17-15-36)40-25-53-61(35(40)2)33-51-28-49(3)27-50(4,29-51)31-52(30-49,32-51)65-24-23-59-20-8-9-21-59/h6-7,12-19,25H,8-11,20-24,26-33H2,1-5H3,(H,54,56,57)/t49-,50+,51?,52?. The highest BCUT2D eigenvalue weighted by molar-refractivity contribution is 7.22. The lowest BCUT2D eigenvalue weighted by atomic mass is 9.39. The van der Waals surface area contributed by atoms with Crippen molar-refractivity contribution in [2.24, 2.45) is 16.2 Å². The molecule has 66 heavy (non-hydrogen) atoms. The Morgan fingerprint density at radius 2 is 1.64 bits per heavy atom. The van der Waals surface area contributed by atoms with E-state index in [0.717, 1.165) is 107 Å². The summed E-state index contributed by atoms with van der Waals surface area (Å²) >= 11 is 1.59. The van der Waals surface area contributed by atoms with Crippen molar-refractivity contribution < 1.29 is 19.0 Å². The maximum Gasteiger partial charge on any atom is 0.358 e. The molecule has 2 unspecified atom stereocenters. The number of carbonyl (C=O) groups is 1. The van der Waals surface area contributed by atoms with Crippen LogP contribution in [0.5, 0.6) is 5.75 Å². The molecule has 13 nitrogen and oxygen atoms in total. The van der Waals surface area contributed by atoms with Crippen LogP contribution < -0.4 is 15.0 Å². The molecule has 2 aliphatic heterocycles. The minimum Gasteiger partial charge on any atom is -0.497 e. The van der Waals surface area contributed by atoms with E-state index in [1.807, 2.05) is 60.8 Å². The molecule has 1 N–H and O–H groups in total. The van der Waals surface area contributed by atoms with Gasteiger partial charge >= 0.3 is 5.97 Å². The number of fused-ring (bicyclic) bond motifs is 2. The lowest BCUT2D eigenvalue weighted by Gasteiger charge is -2.69. The van der Waals surface area contributed by atoms with E-state index in [2.05, 4.69) is 58.7 Å². The van der Waals surface area contributed by atoms with Gasteiger partial charge in [-0.1, -0.05) is 49.4 Å². The molecule has 0 spiro atoms. The van der Waals surface area contributed by atoms with E-state index >= 15 is 0 Å². The van der Waals surface area contributed by atoms with Crippen LogP contribution in [-0.2, 0) is 29.0 Å². The Kier molecular flexibility index (Phi) is 10.9. The number of hydrogen-bond acceptors (Lipinski definition) is 13. The molecule has 0 amide bonds. The van der Waals surface area contributed by atoms with Crippen molar-refractivity contribution in [2.75, 3.05) is 50.1 Å². The Bertz CT molecular complexity index is 2750. The third-order valence-corrected chi connectivity index (χ3v) is 16.3. The summed E-state index contributed by atoms with van der Waals surface area (Å²) in [5.74, 6) is 2.29. The highest BCUT2D eigenvalue weighted by Crippen LogP contribution is 2.72. The van der Waals surface area contributed by atoms with Crippen molar-refractivity contribution in [2.45, 2.75) is 111 Å². The molecular formula is C52H61N9O4S. The lowest BCUT2D eigenvalue weighted by Crippen LogP contribution is -2.64. The van der Waals surface area contributed by atoms with Crippen molar-refractivity contribution in [1.82, 2.24) is 34.8 Å². The van der Waals surface area contributed by atoms with Crippen LogP contribution in [0, 0.1) is 30.1 Å². The van der Waals surface area contributed by atoms with Gasteiger partial charge in [0.25, 0.3) is 0 Å². The first kappa shape index (κ1) is 43.1. The molecule has 4 aromatic heterocycles. The zero-order valence-corrected chi connectivity index (χ0v) is 39.8. The van der Waals surface area contributed by atoms with E-state index < -0.39 is 5.97 Å². The van der Waals surface area contributed by atoms with E-state index in [4.69, 9.17) is 34.4 Å². The first-order valence-electron chi connectivity index (χ1n) is 23.9. The van der Waals surface area contributed by atoms with E-state index in [9.17, 15) is 4.79 Å². The second-order valence-electron chi connectivity index (χ2n) is 20.9. The average molecular weight is 908 g/mol. The summed E-state index contributed by atoms with van der Waals surface area (Å²) in [5, 5.41) is 18.8. The predicted octanol–water partition coefficient (Wildman–Crippen LogP) is 10.4. The zero-order valence-electron chi connectivity index (χ0n) is 39.0. The molecule has 6 heterocycles. The molecule has 4 aliphatic carbocycles. The molecule has 4 bridgehead atoms. The van der Waals surface area contributed by atoms with Crippen molar-refractivity contribution in [3.05, 3.63) is 94.9 Å². The number of carbonyl (C=O) groups excluding carboxylic acids is 1. The first-order chi connectivity index (χ1) is 31.9. The molecule has 1 saturated heterocycles. The first-order valence-corrected chi connectivity index (χ1v) is 24.7. The number of pyridine rings is 1. The molecule has 14 heteroatoms. The number of likely N-dealkylation sites (tertiary alicyclic amines) is 1. The molecular weight excluding hydrogens is 847 g/mol. The van der Waals surface area contributed by atoms with E-state index in [0.29, 0.717) is 23.7 Å². The van der Waals surface area contributed by atoms with Crippen molar-refractivity contribution >= 4 is 50.1 Å². The Balaban J connectivity index is 0.894. The number of nitrogens with zero attached hydrogens (tertiary/aromatic N) is 8. The number of esters is 1. The van der Waals surface area contributed by atoms with Gasteiger partial charge in [0.1, 0.15) is 18.2 Å². The van der Waals surface area contributed by atoms with Crippen LogP contribution in [0.3, 0.4) is 0 Å². The number of ether oxygens (including phenoxy) is 3. The van der Waals surface area contributed by atoms with Gasteiger partial charge in [0.2, 0.25) is 0 Å². The molecule has 0 radical (unpaired) electrons. The van der Waals surface area contributed by atoms with Gasteiger partial charge in [0.15, 0.2) is 22.5 Å². The van der Waals surface area contributed by atoms with Gasteiger partial charge in [-0.25, -0.2) is 14.8 Å². The van der Waals surface area contributed by atoms with Gasteiger partial charge in [0.05, 0.1) is 35.7 Å². The Labute approximate surface area is 391 Å². The largest absolute Gasteiger partial charge is 0.497 e. The van der Waals surface area contributed by atoms with Gasteiger partial charge in [-0.3, -0.25) is 4.68 Å². The number of aromatic nitrogens is 6. The second kappa shape index (κ2) is 16.7. The Morgan fingerprint density at radius 1 is 0.848 bits per heavy atom. The number of methoxy groups -OCH3 is 1. The predicted molar refractivity (Wildman–Crippen MR) is 258 cm³/mol. The van der Waals surface area contributed by atoms with Crippen LogP contribution in [0.1, 0.15) is 105 Å². The molecule has 12 rings (SSSR count). The number of thiazole rings is 1. The minimum atomic E-state index is -0.500. The summed E-state index contributed by atoms with van der Waals surface area (Å²) in [6.07, 6.45) is 13.2. The molecule has 4 atom stereocenters. The second-order valence-corrected chi connectivity index (χ2v) is 21.9. The fraction of sp³-hybridized carbons (Fsp3) is 0.500. The van der Waals surface area contributed by atoms with Crippen LogP contribution in [0.2, 0.25) is 0 Å². The van der Waals surface area contributed by atoms with Gasteiger partial charge < -0.3 is 29.3 Å². The normalized spacial score (nSPS) is 25.7. The van der Waals surface area contributed by atoms with E-state index in [1.165, 1.54) is 45.2 Å². The SMILES string of the molecule is COc1ccc(COC(=O)c2nc(N3CCCc4c3nnc(Nc3nc5ccccc5s3)c4C)ccc2-c2cnn(CC34CC5(OCCN6CCCC6)C[C@](C)(C3)C[C@](C)(C4)C5)c2C)cc1. The summed E-state index contributed by atoms with van der Waals surface area (Å²) in [6.45, 7) is 15.1. The van der Waals surface area contributed by atoms with Crippen LogP contribution in [0.25, 0.3) is 21.3 Å². The molecule has 344 valence electrons. The summed E-state index contributed by atoms with van der Waals surface area (Å²) in [5.41, 5.74) is 7.22. The molecule has 5 fully saturated rings. The van der Waals surface area contributed by atoms with Crippen LogP contribution >= 0.6 is 11.3 Å². The smallest absolute Gasteiger partial charge is 0.358 e. The molecule has 6 aliphatic rings. The average Bonchev–Trinajstić information content (AvgIpc) is 4.05. The van der Waals surface area contributed by atoms with E-state index in [-0.39, 0.29) is 34.1 Å². The number of hydrogen-bond donors (Lipinski definition) is 1. The molecule has 4 saturated carbocycles. The minimum absolute atomic E-state index is 0.0762. The Hall–Kier alpha value is -5.44. The Morgan fingerprint density at radius 3 is 2.41 bits per heavy atom. The van der Waals surface area contributed by atoms with Crippen LogP contribution in [0.15, 0.2) is 66.9 Å². The number of benzene rings is 2. The maximum atomic E-state index is 14.4. The van der Waals surface area contributed by atoms with E-state index in [1.54, 1.807) is 18.4 Å². The summed E-state index contributed by atoms with van der Waals surface area (Å²) in [6, 6.07) is 19.7. The quantitative estimate of drug-likeness (QED) is 0.104. The fourth-order valence-corrected chi connectivity index (χ4v) is 14.5. The maximum absolute atomic E-state index is 14.4. The topological polar surface area (TPSA) is 133 Å². The van der Waals surface area contributed by atoms with Crippen molar-refractivity contribution in [3.63, 3.8) is 0 Å². The highest BCUT2D eigenvalue weighted by atomic mass is 32.1. The summed E-state index contributed by atoms with van der Waals surface area (Å²) in [4.78, 5) is 29.0. The number of anilines is 4. The molecule has 2 aromatic carbocycles. The molecule has 6 aromatic rings. The highest BCUT2D eigenvalue weighted by Gasteiger charge is 2.66. The van der Waals surface area contributed by atoms with Crippen molar-refractivity contribution in [1.29, 1.82) is 0 Å². The van der Waals surface area contributed by atoms with Crippen LogP contribution in [-0.4, -0.2) is 86.3 Å². The lowest BCUT2D eigenvalue weighted by molar-refractivity contribution is -0.248. The third kappa shape index (κ3) is 8.12. The summed E-state index contributed by atoms with van der Waals surface area (Å²) in [7, 11) is 1.64. The zero-order chi connectivity index (χ0) is 45.3. The van der Waals surface area contributed by atoms with Gasteiger partial charge in [-0.05, 0) is 149 Å². The monoisotopic (exact) mass is 907 g/mol. The van der Waals surface area contributed by atoms with Gasteiger partial charge in [-0.15, -0.1) is 10.2 Å².